The Morgan fingerprint density at radius 3 is 2.28 bits per heavy atom. The van der Waals surface area contributed by atoms with Crippen molar-refractivity contribution >= 4 is 11.9 Å². The van der Waals surface area contributed by atoms with Crippen LogP contribution in [0.5, 0.6) is 0 Å². The van der Waals surface area contributed by atoms with Crippen LogP contribution in [0.15, 0.2) is 34.7 Å². The van der Waals surface area contributed by atoms with E-state index < -0.39 is 11.6 Å². The predicted octanol–water partition coefficient (Wildman–Crippen LogP) is 2.62. The number of aliphatic carboxylic acids is 1. The normalized spacial score (nSPS) is 16.7. The van der Waals surface area contributed by atoms with Gasteiger partial charge in [-0.3, -0.25) is 4.79 Å². The van der Waals surface area contributed by atoms with E-state index in [0.29, 0.717) is 17.1 Å². The summed E-state index contributed by atoms with van der Waals surface area (Å²) in [6.45, 7) is 4.05. The Labute approximate surface area is 145 Å². The number of amides is 1. The minimum Gasteiger partial charge on any atom is -0.479 e. The fourth-order valence-electron chi connectivity index (χ4n) is 3.13. The Bertz CT molecular complexity index is 801. The molecule has 132 valence electrons. The Kier molecular flexibility index (Phi) is 4.39. The van der Waals surface area contributed by atoms with Crippen molar-refractivity contribution in [3.05, 3.63) is 47.2 Å². The van der Waals surface area contributed by atoms with E-state index in [0.717, 1.165) is 11.1 Å². The van der Waals surface area contributed by atoms with Gasteiger partial charge in [0, 0.05) is 37.1 Å². The molecule has 1 aliphatic rings. The highest BCUT2D eigenvalue weighted by Crippen LogP contribution is 2.33. The third-order valence-corrected chi connectivity index (χ3v) is 4.91. The Hall–Kier alpha value is -2.60. The number of carboxylic acid groups (broad SMARTS) is 1. The molecule has 2 N–H and O–H groups in total. The van der Waals surface area contributed by atoms with Crippen LogP contribution in [0.3, 0.4) is 0 Å². The van der Waals surface area contributed by atoms with Crippen LogP contribution in [-0.4, -0.2) is 45.7 Å². The molecule has 1 amide bonds. The molecule has 3 rings (SSSR count). The quantitative estimate of drug-likeness (QED) is 0.894. The average Bonchev–Trinajstić information content (AvgIpc) is 2.91. The summed E-state index contributed by atoms with van der Waals surface area (Å²) in [6, 6.07) is 9.42. The van der Waals surface area contributed by atoms with E-state index in [9.17, 15) is 14.7 Å². The van der Waals surface area contributed by atoms with Gasteiger partial charge in [0.1, 0.15) is 11.5 Å². The van der Waals surface area contributed by atoms with Crippen LogP contribution < -0.4 is 0 Å². The van der Waals surface area contributed by atoms with Crippen LogP contribution in [0.2, 0.25) is 0 Å². The first-order valence-electron chi connectivity index (χ1n) is 8.24. The minimum absolute atomic E-state index is 0.0185. The molecule has 1 aliphatic heterocycles. The molecule has 1 fully saturated rings. The summed E-state index contributed by atoms with van der Waals surface area (Å²) in [4.78, 5) is 25.8. The topological polar surface area (TPSA) is 91.0 Å². The number of carbonyl (C=O) groups is 2. The van der Waals surface area contributed by atoms with Gasteiger partial charge < -0.3 is 19.5 Å². The third-order valence-electron chi connectivity index (χ3n) is 4.91. The Balaban J connectivity index is 1.90. The van der Waals surface area contributed by atoms with E-state index in [1.807, 2.05) is 44.2 Å². The lowest BCUT2D eigenvalue weighted by Gasteiger charge is -2.35. The summed E-state index contributed by atoms with van der Waals surface area (Å²) in [5.74, 6) is -0.221. The van der Waals surface area contributed by atoms with Crippen molar-refractivity contribution in [2.75, 3.05) is 13.1 Å². The van der Waals surface area contributed by atoms with Crippen LogP contribution in [-0.2, 0) is 4.79 Å². The van der Waals surface area contributed by atoms with E-state index in [4.69, 9.17) is 9.52 Å². The second-order valence-corrected chi connectivity index (χ2v) is 6.48. The highest BCUT2D eigenvalue weighted by Gasteiger charge is 2.41. The third kappa shape index (κ3) is 3.05. The van der Waals surface area contributed by atoms with E-state index in [1.165, 1.54) is 0 Å². The molecule has 1 aromatic carbocycles. The molecule has 6 nitrogen and oxygen atoms in total. The van der Waals surface area contributed by atoms with Gasteiger partial charge in [-0.1, -0.05) is 30.3 Å². The van der Waals surface area contributed by atoms with Crippen molar-refractivity contribution in [2.45, 2.75) is 32.3 Å². The molecule has 2 aromatic rings. The lowest BCUT2D eigenvalue weighted by molar-refractivity contribution is -0.162. The van der Waals surface area contributed by atoms with Gasteiger partial charge >= 0.3 is 5.97 Å². The highest BCUT2D eigenvalue weighted by atomic mass is 16.4. The number of likely N-dealkylation sites (tertiary alicyclic amines) is 1. The number of hydrogen-bond donors (Lipinski definition) is 2. The lowest BCUT2D eigenvalue weighted by Crippen LogP contribution is -2.50. The monoisotopic (exact) mass is 343 g/mol. The molecular formula is C19H21NO5. The summed E-state index contributed by atoms with van der Waals surface area (Å²) >= 11 is 0. The minimum atomic E-state index is -1.75. The van der Waals surface area contributed by atoms with Crippen LogP contribution in [0.4, 0.5) is 0 Å². The molecule has 0 aliphatic carbocycles. The molecule has 0 spiro atoms. The fourth-order valence-corrected chi connectivity index (χ4v) is 3.13. The number of carboxylic acids is 1. The van der Waals surface area contributed by atoms with Gasteiger partial charge in [0.25, 0.3) is 5.91 Å². The average molecular weight is 343 g/mol. The second kappa shape index (κ2) is 6.37. The van der Waals surface area contributed by atoms with E-state index >= 15 is 0 Å². The highest BCUT2D eigenvalue weighted by molar-refractivity contribution is 6.01. The zero-order chi connectivity index (χ0) is 18.2. The maximum atomic E-state index is 13.0. The van der Waals surface area contributed by atoms with Crippen molar-refractivity contribution in [2.24, 2.45) is 0 Å². The maximum Gasteiger partial charge on any atom is 0.335 e. The smallest absolute Gasteiger partial charge is 0.335 e. The van der Waals surface area contributed by atoms with E-state index in [-0.39, 0.29) is 31.8 Å². The molecule has 0 unspecified atom stereocenters. The van der Waals surface area contributed by atoms with Gasteiger partial charge in [-0.15, -0.1) is 0 Å². The molecule has 0 saturated carbocycles. The molecule has 0 bridgehead atoms. The van der Waals surface area contributed by atoms with Crippen molar-refractivity contribution < 1.29 is 24.2 Å². The number of rotatable bonds is 3. The zero-order valence-corrected chi connectivity index (χ0v) is 14.3. The molecular weight excluding hydrogens is 322 g/mol. The second-order valence-electron chi connectivity index (χ2n) is 6.48. The zero-order valence-electron chi connectivity index (χ0n) is 14.3. The van der Waals surface area contributed by atoms with Crippen molar-refractivity contribution in [3.8, 4) is 11.3 Å². The number of furan rings is 1. The lowest BCUT2D eigenvalue weighted by atomic mass is 9.91. The van der Waals surface area contributed by atoms with E-state index in [2.05, 4.69) is 0 Å². The largest absolute Gasteiger partial charge is 0.479 e. The van der Waals surface area contributed by atoms with Gasteiger partial charge in [0.2, 0.25) is 0 Å². The first-order valence-corrected chi connectivity index (χ1v) is 8.24. The van der Waals surface area contributed by atoms with Gasteiger partial charge in [-0.2, -0.15) is 0 Å². The summed E-state index contributed by atoms with van der Waals surface area (Å²) in [5.41, 5.74) is 0.355. The van der Waals surface area contributed by atoms with Crippen molar-refractivity contribution in [3.63, 3.8) is 0 Å². The van der Waals surface area contributed by atoms with Crippen LogP contribution in [0.1, 0.15) is 34.5 Å². The van der Waals surface area contributed by atoms with Crippen LogP contribution in [0.25, 0.3) is 11.3 Å². The SMILES string of the molecule is Cc1oc(-c2ccccc2)c(C(=O)N2CCC(O)(C(=O)O)CC2)c1C. The molecule has 1 aromatic heterocycles. The Morgan fingerprint density at radius 1 is 1.12 bits per heavy atom. The summed E-state index contributed by atoms with van der Waals surface area (Å²) in [5, 5.41) is 19.2. The first kappa shape index (κ1) is 17.2. The maximum absolute atomic E-state index is 13.0. The molecule has 0 atom stereocenters. The number of carbonyl (C=O) groups excluding carboxylic acids is 1. The predicted molar refractivity (Wildman–Crippen MR) is 91.3 cm³/mol. The van der Waals surface area contributed by atoms with Crippen molar-refractivity contribution in [1.29, 1.82) is 0 Å². The van der Waals surface area contributed by atoms with Gasteiger partial charge in [-0.05, 0) is 13.8 Å². The van der Waals surface area contributed by atoms with Gasteiger partial charge in [0.05, 0.1) is 5.56 Å². The number of piperidine rings is 1. The Morgan fingerprint density at radius 2 is 1.72 bits per heavy atom. The molecule has 0 radical (unpaired) electrons. The molecule has 2 heterocycles. The number of hydrogen-bond acceptors (Lipinski definition) is 4. The molecule has 6 heteroatoms. The van der Waals surface area contributed by atoms with E-state index in [1.54, 1.807) is 4.90 Å². The number of benzene rings is 1. The fraction of sp³-hybridized carbons (Fsp3) is 0.368. The summed E-state index contributed by atoms with van der Waals surface area (Å²) < 4.78 is 5.83. The molecule has 1 saturated heterocycles. The summed E-state index contributed by atoms with van der Waals surface area (Å²) in [7, 11) is 0. The number of aliphatic hydroxyl groups is 1. The first-order chi connectivity index (χ1) is 11.8. The number of nitrogens with zero attached hydrogens (tertiary/aromatic N) is 1. The van der Waals surface area contributed by atoms with Crippen LogP contribution >= 0.6 is 0 Å². The van der Waals surface area contributed by atoms with Gasteiger partial charge in [0.15, 0.2) is 5.60 Å². The summed E-state index contributed by atoms with van der Waals surface area (Å²) in [6.07, 6.45) is 0.0370. The number of aryl methyl sites for hydroxylation is 1. The van der Waals surface area contributed by atoms with Gasteiger partial charge in [-0.25, -0.2) is 4.79 Å². The molecule has 25 heavy (non-hydrogen) atoms. The standard InChI is InChI=1S/C19H21NO5/c1-12-13(2)25-16(14-6-4-3-5-7-14)15(12)17(21)20-10-8-19(24,9-11-20)18(22)23/h3-7,24H,8-11H2,1-2H3,(H,22,23). The van der Waals surface area contributed by atoms with Crippen LogP contribution in [0, 0.1) is 13.8 Å². The van der Waals surface area contributed by atoms with Crippen molar-refractivity contribution in [1.82, 2.24) is 4.90 Å².